The fraction of sp³-hybridized carbons (Fsp3) is 0.100. The predicted octanol–water partition coefficient (Wildman–Crippen LogP) is 1.75. The summed E-state index contributed by atoms with van der Waals surface area (Å²) >= 11 is 5.87. The molecule has 1 aromatic heterocycles. The van der Waals surface area contributed by atoms with Crippen LogP contribution in [0.15, 0.2) is 29.3 Å². The minimum absolute atomic E-state index is 0.0348. The van der Waals surface area contributed by atoms with Crippen LogP contribution in [0.3, 0.4) is 0 Å². The van der Waals surface area contributed by atoms with Crippen LogP contribution >= 0.6 is 11.6 Å². The van der Waals surface area contributed by atoms with Gasteiger partial charge < -0.3 is 5.73 Å². The number of rotatable bonds is 3. The van der Waals surface area contributed by atoms with Crippen molar-refractivity contribution in [1.29, 1.82) is 0 Å². The number of H-pyrrole nitrogens is 1. The summed E-state index contributed by atoms with van der Waals surface area (Å²) in [7, 11) is -3.76. The number of halogens is 1. The predicted molar refractivity (Wildman–Crippen MR) is 70.0 cm³/mol. The van der Waals surface area contributed by atoms with Gasteiger partial charge >= 0.3 is 0 Å². The van der Waals surface area contributed by atoms with Crippen molar-refractivity contribution in [2.45, 2.75) is 11.8 Å². The molecule has 2 rings (SSSR count). The minimum atomic E-state index is -3.76. The lowest BCUT2D eigenvalue weighted by Crippen LogP contribution is -2.14. The van der Waals surface area contributed by atoms with Crippen molar-refractivity contribution < 1.29 is 8.42 Å². The van der Waals surface area contributed by atoms with Crippen LogP contribution in [0.25, 0.3) is 0 Å². The monoisotopic (exact) mass is 286 g/mol. The molecule has 0 bridgehead atoms. The normalized spacial score (nSPS) is 11.4. The first-order valence-corrected chi connectivity index (χ1v) is 6.84. The van der Waals surface area contributed by atoms with E-state index in [0.29, 0.717) is 17.1 Å². The number of aromatic amines is 1. The molecular formula is C10H11ClN4O2S. The average molecular weight is 287 g/mol. The molecule has 0 amide bonds. The number of aryl methyl sites for hydroxylation is 1. The third-order valence-corrected chi connectivity index (χ3v) is 4.14. The molecule has 0 aliphatic carbocycles. The fourth-order valence-corrected chi connectivity index (χ4v) is 3.02. The maximum Gasteiger partial charge on any atom is 0.264 e. The maximum absolute atomic E-state index is 12.1. The number of nitrogens with one attached hydrogen (secondary N) is 2. The van der Waals surface area contributed by atoms with Crippen LogP contribution in [-0.4, -0.2) is 18.6 Å². The van der Waals surface area contributed by atoms with Crippen molar-refractivity contribution >= 4 is 33.1 Å². The third-order valence-electron chi connectivity index (χ3n) is 2.31. The molecule has 0 unspecified atom stereocenters. The molecule has 0 saturated heterocycles. The second kappa shape index (κ2) is 4.51. The van der Waals surface area contributed by atoms with Gasteiger partial charge in [0.1, 0.15) is 10.7 Å². The highest BCUT2D eigenvalue weighted by Gasteiger charge is 2.19. The Morgan fingerprint density at radius 2 is 2.17 bits per heavy atom. The molecule has 0 aliphatic rings. The molecule has 0 aliphatic heterocycles. The molecule has 1 aromatic carbocycles. The molecule has 0 spiro atoms. The number of anilines is 2. The first-order chi connectivity index (χ1) is 8.40. The molecule has 0 fully saturated rings. The minimum Gasteiger partial charge on any atom is -0.399 e. The summed E-state index contributed by atoms with van der Waals surface area (Å²) in [6.07, 6.45) is 1.52. The third kappa shape index (κ3) is 2.41. The molecule has 0 atom stereocenters. The molecule has 0 saturated carbocycles. The van der Waals surface area contributed by atoms with Crippen molar-refractivity contribution in [3.05, 3.63) is 35.0 Å². The lowest BCUT2D eigenvalue weighted by molar-refractivity contribution is 0.601. The van der Waals surface area contributed by atoms with Crippen molar-refractivity contribution in [2.24, 2.45) is 0 Å². The zero-order chi connectivity index (χ0) is 13.3. The highest BCUT2D eigenvalue weighted by Crippen LogP contribution is 2.25. The Balaban J connectivity index is 2.40. The largest absolute Gasteiger partial charge is 0.399 e. The van der Waals surface area contributed by atoms with Gasteiger partial charge in [-0.3, -0.25) is 9.82 Å². The number of benzene rings is 1. The second-order valence-corrected chi connectivity index (χ2v) is 5.78. The Kier molecular flexibility index (Phi) is 3.18. The summed E-state index contributed by atoms with van der Waals surface area (Å²) in [4.78, 5) is -0.0348. The summed E-state index contributed by atoms with van der Waals surface area (Å²) in [5.41, 5.74) is 6.60. The molecule has 8 heteroatoms. The van der Waals surface area contributed by atoms with E-state index in [9.17, 15) is 8.42 Å². The van der Waals surface area contributed by atoms with E-state index in [0.717, 1.165) is 0 Å². The number of nitrogen functional groups attached to an aromatic ring is 1. The van der Waals surface area contributed by atoms with Crippen molar-refractivity contribution in [1.82, 2.24) is 10.2 Å². The van der Waals surface area contributed by atoms with Gasteiger partial charge in [-0.1, -0.05) is 11.6 Å². The van der Waals surface area contributed by atoms with Gasteiger partial charge in [-0.2, -0.15) is 5.10 Å². The van der Waals surface area contributed by atoms with Crippen LogP contribution in [0, 0.1) is 6.92 Å². The highest BCUT2D eigenvalue weighted by atomic mass is 35.5. The Hall–Kier alpha value is -1.73. The quantitative estimate of drug-likeness (QED) is 0.748. The first kappa shape index (κ1) is 12.7. The van der Waals surface area contributed by atoms with Crippen molar-refractivity contribution in [3.8, 4) is 0 Å². The van der Waals surface area contributed by atoms with E-state index in [1.165, 1.54) is 24.4 Å². The molecule has 4 N–H and O–H groups in total. The Morgan fingerprint density at radius 1 is 1.44 bits per heavy atom. The summed E-state index contributed by atoms with van der Waals surface area (Å²) in [5, 5.41) is 6.35. The van der Waals surface area contributed by atoms with E-state index in [-0.39, 0.29) is 9.92 Å². The standard InChI is InChI=1S/C10H11ClN4O2S/c1-6-5-13-14-10(6)15-18(16,17)9-3-2-7(12)4-8(9)11/h2-5H,12H2,1H3,(H2,13,14,15). The average Bonchev–Trinajstić information content (AvgIpc) is 2.63. The Bertz CT molecular complexity index is 681. The van der Waals surface area contributed by atoms with Gasteiger partial charge in [0, 0.05) is 11.3 Å². The molecule has 96 valence electrons. The maximum atomic E-state index is 12.1. The van der Waals surface area contributed by atoms with Crippen LogP contribution in [0.1, 0.15) is 5.56 Å². The molecule has 2 aromatic rings. The summed E-state index contributed by atoms with van der Waals surface area (Å²) in [6.45, 7) is 1.73. The van der Waals surface area contributed by atoms with Crippen LogP contribution in [0.5, 0.6) is 0 Å². The topological polar surface area (TPSA) is 101 Å². The smallest absolute Gasteiger partial charge is 0.264 e. The van der Waals surface area contributed by atoms with Gasteiger partial charge in [0.2, 0.25) is 0 Å². The van der Waals surface area contributed by atoms with Gasteiger partial charge in [-0.15, -0.1) is 0 Å². The number of aromatic nitrogens is 2. The van der Waals surface area contributed by atoms with E-state index in [2.05, 4.69) is 14.9 Å². The highest BCUT2D eigenvalue weighted by molar-refractivity contribution is 7.92. The molecule has 0 radical (unpaired) electrons. The summed E-state index contributed by atoms with van der Waals surface area (Å²) in [6, 6.07) is 4.21. The molecule has 1 heterocycles. The number of hydrogen-bond acceptors (Lipinski definition) is 4. The number of hydrogen-bond donors (Lipinski definition) is 3. The Morgan fingerprint density at radius 3 is 2.72 bits per heavy atom. The SMILES string of the molecule is Cc1cn[nH]c1NS(=O)(=O)c1ccc(N)cc1Cl. The molecule has 6 nitrogen and oxygen atoms in total. The van der Waals surface area contributed by atoms with Gasteiger partial charge in [-0.05, 0) is 25.1 Å². The van der Waals surface area contributed by atoms with Crippen LogP contribution < -0.4 is 10.5 Å². The van der Waals surface area contributed by atoms with E-state index < -0.39 is 10.0 Å². The lowest BCUT2D eigenvalue weighted by Gasteiger charge is -2.08. The van der Waals surface area contributed by atoms with Crippen LogP contribution in [-0.2, 0) is 10.0 Å². The Labute approximate surface area is 109 Å². The molecule has 18 heavy (non-hydrogen) atoms. The number of nitrogens with zero attached hydrogens (tertiary/aromatic N) is 1. The number of nitrogens with two attached hydrogens (primary N) is 1. The zero-order valence-electron chi connectivity index (χ0n) is 9.44. The van der Waals surface area contributed by atoms with E-state index in [1.807, 2.05) is 0 Å². The van der Waals surface area contributed by atoms with Gasteiger partial charge in [0.25, 0.3) is 10.0 Å². The van der Waals surface area contributed by atoms with Crippen molar-refractivity contribution in [3.63, 3.8) is 0 Å². The first-order valence-electron chi connectivity index (χ1n) is 4.98. The van der Waals surface area contributed by atoms with Crippen LogP contribution in [0.2, 0.25) is 5.02 Å². The lowest BCUT2D eigenvalue weighted by atomic mass is 10.3. The van der Waals surface area contributed by atoms with Crippen LogP contribution in [0.4, 0.5) is 11.5 Å². The van der Waals surface area contributed by atoms with Gasteiger partial charge in [-0.25, -0.2) is 8.42 Å². The number of sulfonamides is 1. The second-order valence-electron chi connectivity index (χ2n) is 3.72. The van der Waals surface area contributed by atoms with Crippen molar-refractivity contribution in [2.75, 3.05) is 10.5 Å². The summed E-state index contributed by atoms with van der Waals surface area (Å²) in [5.74, 6) is 0.308. The fourth-order valence-electron chi connectivity index (χ4n) is 1.37. The van der Waals surface area contributed by atoms with Gasteiger partial charge in [0.15, 0.2) is 0 Å². The van der Waals surface area contributed by atoms with E-state index in [1.54, 1.807) is 6.92 Å². The van der Waals surface area contributed by atoms with Gasteiger partial charge in [0.05, 0.1) is 11.2 Å². The van der Waals surface area contributed by atoms with E-state index >= 15 is 0 Å². The molecular weight excluding hydrogens is 276 g/mol. The zero-order valence-corrected chi connectivity index (χ0v) is 11.0. The van der Waals surface area contributed by atoms with E-state index in [4.69, 9.17) is 17.3 Å². The summed E-state index contributed by atoms with van der Waals surface area (Å²) < 4.78 is 26.6.